The van der Waals surface area contributed by atoms with Gasteiger partial charge in [0.25, 0.3) is 0 Å². The van der Waals surface area contributed by atoms with E-state index in [2.05, 4.69) is 12.2 Å². The van der Waals surface area contributed by atoms with Crippen molar-refractivity contribution < 1.29 is 19.1 Å². The minimum absolute atomic E-state index is 0.0923. The van der Waals surface area contributed by atoms with E-state index in [1.54, 1.807) is 11.8 Å². The van der Waals surface area contributed by atoms with Gasteiger partial charge in [0.05, 0.1) is 12.6 Å². The number of alkyl carbamates (subject to hydrolysis) is 1. The predicted octanol–water partition coefficient (Wildman–Crippen LogP) is 2.38. The number of nitrogens with one attached hydrogen (secondary N) is 1. The lowest BCUT2D eigenvalue weighted by atomic mass is 9.96. The van der Waals surface area contributed by atoms with Gasteiger partial charge in [-0.3, -0.25) is 0 Å². The van der Waals surface area contributed by atoms with Crippen molar-refractivity contribution in [3.63, 3.8) is 0 Å². The van der Waals surface area contributed by atoms with E-state index >= 15 is 0 Å². The lowest BCUT2D eigenvalue weighted by molar-refractivity contribution is 0.0135. The Bertz CT molecular complexity index is 352. The lowest BCUT2D eigenvalue weighted by Crippen LogP contribution is -2.53. The van der Waals surface area contributed by atoms with Gasteiger partial charge >= 0.3 is 12.2 Å². The molecule has 116 valence electrons. The monoisotopic (exact) mass is 286 g/mol. The van der Waals surface area contributed by atoms with Crippen molar-refractivity contribution >= 4 is 12.2 Å². The molecule has 0 aromatic rings. The second kappa shape index (κ2) is 6.81. The van der Waals surface area contributed by atoms with Crippen LogP contribution in [-0.2, 0) is 9.47 Å². The molecule has 1 aliphatic heterocycles. The van der Waals surface area contributed by atoms with E-state index in [9.17, 15) is 9.59 Å². The molecule has 0 bridgehead atoms. The number of hydrogen-bond acceptors (Lipinski definition) is 4. The molecule has 1 heterocycles. The van der Waals surface area contributed by atoms with Crippen molar-refractivity contribution in [2.75, 3.05) is 19.7 Å². The highest BCUT2D eigenvalue weighted by molar-refractivity contribution is 5.69. The molecule has 0 radical (unpaired) electrons. The van der Waals surface area contributed by atoms with Gasteiger partial charge in [-0.25, -0.2) is 9.59 Å². The lowest BCUT2D eigenvalue weighted by Gasteiger charge is -2.37. The van der Waals surface area contributed by atoms with E-state index in [1.165, 1.54) is 0 Å². The van der Waals surface area contributed by atoms with Gasteiger partial charge in [0.1, 0.15) is 5.60 Å². The van der Waals surface area contributed by atoms with Crippen molar-refractivity contribution in [2.24, 2.45) is 5.92 Å². The SMILES string of the molecule is CCOC(=O)NC1CC(C)CN(C(=O)OC(C)(C)C)C1. The third-order valence-electron chi connectivity index (χ3n) is 2.91. The topological polar surface area (TPSA) is 67.9 Å². The predicted molar refractivity (Wildman–Crippen MR) is 75.5 cm³/mol. The Morgan fingerprint density at radius 3 is 2.50 bits per heavy atom. The number of rotatable bonds is 2. The van der Waals surface area contributed by atoms with Gasteiger partial charge in [-0.05, 0) is 40.0 Å². The molecule has 1 rings (SSSR count). The van der Waals surface area contributed by atoms with E-state index in [-0.39, 0.29) is 12.1 Å². The molecule has 6 nitrogen and oxygen atoms in total. The molecule has 2 amide bonds. The number of likely N-dealkylation sites (tertiary alicyclic amines) is 1. The summed E-state index contributed by atoms with van der Waals surface area (Å²) in [7, 11) is 0. The molecule has 1 saturated heterocycles. The molecular formula is C14H26N2O4. The zero-order valence-electron chi connectivity index (χ0n) is 13.1. The molecule has 2 unspecified atom stereocenters. The van der Waals surface area contributed by atoms with Gasteiger partial charge in [-0.2, -0.15) is 0 Å². The second-order valence-corrected chi connectivity index (χ2v) is 6.29. The normalized spacial score (nSPS) is 23.1. The molecule has 20 heavy (non-hydrogen) atoms. The Kier molecular flexibility index (Phi) is 5.65. The van der Waals surface area contributed by atoms with Crippen LogP contribution in [0.4, 0.5) is 9.59 Å². The van der Waals surface area contributed by atoms with Crippen molar-refractivity contribution in [3.8, 4) is 0 Å². The summed E-state index contributed by atoms with van der Waals surface area (Å²) in [5.74, 6) is 0.309. The van der Waals surface area contributed by atoms with E-state index < -0.39 is 11.7 Å². The molecule has 6 heteroatoms. The number of amides is 2. The summed E-state index contributed by atoms with van der Waals surface area (Å²) in [4.78, 5) is 25.2. The summed E-state index contributed by atoms with van der Waals surface area (Å²) >= 11 is 0. The fourth-order valence-electron chi connectivity index (χ4n) is 2.27. The van der Waals surface area contributed by atoms with Crippen molar-refractivity contribution in [1.29, 1.82) is 0 Å². The molecule has 0 aromatic heterocycles. The molecule has 2 atom stereocenters. The Labute approximate surface area is 120 Å². The molecule has 0 saturated carbocycles. The zero-order chi connectivity index (χ0) is 15.3. The fraction of sp³-hybridized carbons (Fsp3) is 0.857. The molecule has 0 spiro atoms. The van der Waals surface area contributed by atoms with Gasteiger partial charge < -0.3 is 19.7 Å². The third kappa shape index (κ3) is 5.67. The van der Waals surface area contributed by atoms with Crippen LogP contribution >= 0.6 is 0 Å². The minimum atomic E-state index is -0.512. The maximum atomic E-state index is 12.1. The molecule has 1 aliphatic rings. The smallest absolute Gasteiger partial charge is 0.410 e. The summed E-state index contributed by atoms with van der Waals surface area (Å²) in [6.45, 7) is 10.8. The summed E-state index contributed by atoms with van der Waals surface area (Å²) in [6, 6.07) is -0.0923. The number of nitrogens with zero attached hydrogens (tertiary/aromatic N) is 1. The number of carbonyl (C=O) groups is 2. The van der Waals surface area contributed by atoms with Gasteiger partial charge in [0.2, 0.25) is 0 Å². The standard InChI is InChI=1S/C14H26N2O4/c1-6-19-12(17)15-11-7-10(2)8-16(9-11)13(18)20-14(3,4)5/h10-11H,6-9H2,1-5H3,(H,15,17). The van der Waals surface area contributed by atoms with Crippen LogP contribution in [0.3, 0.4) is 0 Å². The Morgan fingerprint density at radius 1 is 1.30 bits per heavy atom. The Morgan fingerprint density at radius 2 is 1.95 bits per heavy atom. The van der Waals surface area contributed by atoms with Gasteiger partial charge in [-0.15, -0.1) is 0 Å². The van der Waals surface area contributed by atoms with Crippen LogP contribution in [0.2, 0.25) is 0 Å². The summed E-state index contributed by atoms with van der Waals surface area (Å²) < 4.78 is 10.2. The number of ether oxygens (including phenoxy) is 2. The van der Waals surface area contributed by atoms with Crippen LogP contribution in [0.5, 0.6) is 0 Å². The van der Waals surface area contributed by atoms with Crippen molar-refractivity contribution in [2.45, 2.75) is 52.7 Å². The summed E-state index contributed by atoms with van der Waals surface area (Å²) in [6.07, 6.45) is 0.0634. The van der Waals surface area contributed by atoms with Crippen LogP contribution in [0, 0.1) is 5.92 Å². The largest absolute Gasteiger partial charge is 0.450 e. The first kappa shape index (κ1) is 16.6. The maximum absolute atomic E-state index is 12.1. The van der Waals surface area contributed by atoms with E-state index in [0.717, 1.165) is 6.42 Å². The zero-order valence-corrected chi connectivity index (χ0v) is 13.1. The second-order valence-electron chi connectivity index (χ2n) is 6.29. The van der Waals surface area contributed by atoms with Crippen molar-refractivity contribution in [1.82, 2.24) is 10.2 Å². The highest BCUT2D eigenvalue weighted by atomic mass is 16.6. The minimum Gasteiger partial charge on any atom is -0.450 e. The molecular weight excluding hydrogens is 260 g/mol. The average Bonchev–Trinajstić information content (AvgIpc) is 2.25. The van der Waals surface area contributed by atoms with Crippen LogP contribution in [-0.4, -0.2) is 48.4 Å². The highest BCUT2D eigenvalue weighted by Crippen LogP contribution is 2.19. The first-order chi connectivity index (χ1) is 9.21. The highest BCUT2D eigenvalue weighted by Gasteiger charge is 2.31. The first-order valence-electron chi connectivity index (χ1n) is 7.12. The maximum Gasteiger partial charge on any atom is 0.410 e. The van der Waals surface area contributed by atoms with E-state index in [4.69, 9.17) is 9.47 Å². The molecule has 0 aromatic carbocycles. The first-order valence-corrected chi connectivity index (χ1v) is 7.12. The van der Waals surface area contributed by atoms with E-state index in [0.29, 0.717) is 25.6 Å². The number of hydrogen-bond donors (Lipinski definition) is 1. The van der Waals surface area contributed by atoms with Gasteiger partial charge in [0, 0.05) is 13.1 Å². The quantitative estimate of drug-likeness (QED) is 0.846. The fourth-order valence-corrected chi connectivity index (χ4v) is 2.27. The average molecular weight is 286 g/mol. The number of piperidine rings is 1. The Balaban J connectivity index is 2.57. The van der Waals surface area contributed by atoms with Crippen LogP contribution in [0.15, 0.2) is 0 Å². The van der Waals surface area contributed by atoms with Crippen LogP contribution in [0.25, 0.3) is 0 Å². The third-order valence-corrected chi connectivity index (χ3v) is 2.91. The van der Waals surface area contributed by atoms with Gasteiger partial charge in [-0.1, -0.05) is 6.92 Å². The van der Waals surface area contributed by atoms with Crippen LogP contribution in [0.1, 0.15) is 41.0 Å². The van der Waals surface area contributed by atoms with Crippen molar-refractivity contribution in [3.05, 3.63) is 0 Å². The van der Waals surface area contributed by atoms with Gasteiger partial charge in [0.15, 0.2) is 0 Å². The molecule has 1 N–H and O–H groups in total. The summed E-state index contributed by atoms with van der Waals surface area (Å²) in [5, 5.41) is 2.79. The molecule has 1 fully saturated rings. The number of carbonyl (C=O) groups excluding carboxylic acids is 2. The molecule has 0 aliphatic carbocycles. The van der Waals surface area contributed by atoms with E-state index in [1.807, 2.05) is 20.8 Å². The Hall–Kier alpha value is -1.46. The summed E-state index contributed by atoms with van der Waals surface area (Å²) in [5.41, 5.74) is -0.512. The van der Waals surface area contributed by atoms with Crippen LogP contribution < -0.4 is 5.32 Å².